The van der Waals surface area contributed by atoms with Crippen LogP contribution < -0.4 is 10.2 Å². The summed E-state index contributed by atoms with van der Waals surface area (Å²) in [5.41, 5.74) is 0. The predicted molar refractivity (Wildman–Crippen MR) is 125 cm³/mol. The van der Waals surface area contributed by atoms with E-state index in [2.05, 4.69) is 46.3 Å². The second-order valence-corrected chi connectivity index (χ2v) is 10.0. The van der Waals surface area contributed by atoms with Crippen LogP contribution >= 0.6 is 11.5 Å². The molecule has 1 atom stereocenters. The molecule has 0 radical (unpaired) electrons. The molecule has 1 saturated heterocycles. The van der Waals surface area contributed by atoms with Crippen LogP contribution in [0, 0.1) is 5.92 Å². The van der Waals surface area contributed by atoms with Gasteiger partial charge in [0, 0.05) is 51.2 Å². The molecule has 6 nitrogen and oxygen atoms in total. The molecule has 164 valence electrons. The Hall–Kier alpha value is -1.86. The Morgan fingerprint density at radius 2 is 1.97 bits per heavy atom. The van der Waals surface area contributed by atoms with Gasteiger partial charge < -0.3 is 15.1 Å². The number of urea groups is 1. The van der Waals surface area contributed by atoms with Gasteiger partial charge in [-0.25, -0.2) is 4.79 Å². The molecule has 1 N–H and O–H groups in total. The van der Waals surface area contributed by atoms with Crippen LogP contribution in [0.5, 0.6) is 0 Å². The van der Waals surface area contributed by atoms with E-state index in [1.165, 1.54) is 41.7 Å². The molecule has 2 amide bonds. The molecule has 1 aromatic heterocycles. The van der Waals surface area contributed by atoms with Crippen molar-refractivity contribution in [3.8, 4) is 0 Å². The molecule has 2 aromatic rings. The van der Waals surface area contributed by atoms with Crippen LogP contribution in [0.25, 0.3) is 10.1 Å². The summed E-state index contributed by atoms with van der Waals surface area (Å²) in [6.07, 6.45) is 5.98. The number of fused-ring (bicyclic) bond motifs is 1. The number of anilines is 1. The summed E-state index contributed by atoms with van der Waals surface area (Å²) < 4.78 is 6.05. The highest BCUT2D eigenvalue weighted by atomic mass is 32.1. The molecule has 1 aliphatic carbocycles. The fraction of sp³-hybridized carbons (Fsp3) is 0.652. The van der Waals surface area contributed by atoms with Gasteiger partial charge in [0.2, 0.25) is 0 Å². The molecular weight excluding hydrogens is 394 g/mol. The Kier molecular flexibility index (Phi) is 6.78. The average molecular weight is 430 g/mol. The van der Waals surface area contributed by atoms with E-state index < -0.39 is 0 Å². The number of carbonyl (C=O) groups excluding carboxylic acids is 1. The van der Waals surface area contributed by atoms with Gasteiger partial charge in [0.05, 0.1) is 4.70 Å². The van der Waals surface area contributed by atoms with E-state index in [1.54, 1.807) is 30.5 Å². The van der Waals surface area contributed by atoms with Crippen LogP contribution in [0.1, 0.15) is 39.0 Å². The highest BCUT2D eigenvalue weighted by Crippen LogP contribution is 2.32. The summed E-state index contributed by atoms with van der Waals surface area (Å²) in [6, 6.07) is 9.45. The Morgan fingerprint density at radius 3 is 2.70 bits per heavy atom. The Morgan fingerprint density at radius 1 is 1.20 bits per heavy atom. The van der Waals surface area contributed by atoms with Crippen LogP contribution in [0.15, 0.2) is 24.3 Å². The lowest BCUT2D eigenvalue weighted by Gasteiger charge is -2.41. The topological polar surface area (TPSA) is 51.7 Å². The smallest absolute Gasteiger partial charge is 0.317 e. The SMILES string of the molecule is C[C@@H]1CN(CC[C@H]2CC[C@H](NC(=O)N(C)C)CC2)CCN1c1nsc2ccccc12. The van der Waals surface area contributed by atoms with Gasteiger partial charge in [-0.3, -0.25) is 4.90 Å². The molecule has 2 heterocycles. The number of nitrogens with one attached hydrogen (secondary N) is 1. The van der Waals surface area contributed by atoms with E-state index in [9.17, 15) is 4.79 Å². The van der Waals surface area contributed by atoms with E-state index in [0.29, 0.717) is 12.1 Å². The summed E-state index contributed by atoms with van der Waals surface area (Å²) in [7, 11) is 3.61. The van der Waals surface area contributed by atoms with Crippen molar-refractivity contribution >= 4 is 33.5 Å². The van der Waals surface area contributed by atoms with Gasteiger partial charge in [0.25, 0.3) is 0 Å². The summed E-state index contributed by atoms with van der Waals surface area (Å²) in [6.45, 7) is 6.80. The highest BCUT2D eigenvalue weighted by molar-refractivity contribution is 7.13. The van der Waals surface area contributed by atoms with Crippen molar-refractivity contribution in [3.63, 3.8) is 0 Å². The standard InChI is InChI=1S/C23H35N5OS/c1-17-16-27(13-12-18-8-10-19(11-9-18)24-23(29)26(2)3)14-15-28(17)22-20-6-4-5-7-21(20)30-25-22/h4-7,17-19H,8-16H2,1-3H3,(H,24,29)/t17-,18-,19-/m1/s1. The third-order valence-electron chi connectivity index (χ3n) is 6.78. The Labute approximate surface area is 184 Å². The molecule has 2 fully saturated rings. The fourth-order valence-corrected chi connectivity index (χ4v) is 5.68. The summed E-state index contributed by atoms with van der Waals surface area (Å²) >= 11 is 1.61. The monoisotopic (exact) mass is 429 g/mol. The molecule has 30 heavy (non-hydrogen) atoms. The first kappa shape index (κ1) is 21.4. The molecule has 2 aliphatic rings. The van der Waals surface area contributed by atoms with E-state index >= 15 is 0 Å². The van der Waals surface area contributed by atoms with Crippen molar-refractivity contribution in [2.24, 2.45) is 5.92 Å². The zero-order valence-corrected chi connectivity index (χ0v) is 19.3. The summed E-state index contributed by atoms with van der Waals surface area (Å²) in [4.78, 5) is 18.6. The van der Waals surface area contributed by atoms with Gasteiger partial charge in [0.1, 0.15) is 5.82 Å². The van der Waals surface area contributed by atoms with Crippen LogP contribution in [-0.2, 0) is 0 Å². The second-order valence-electron chi connectivity index (χ2n) is 9.20. The lowest BCUT2D eigenvalue weighted by Crippen LogP contribution is -2.52. The third kappa shape index (κ3) is 4.89. The number of aromatic nitrogens is 1. The highest BCUT2D eigenvalue weighted by Gasteiger charge is 2.28. The number of benzene rings is 1. The van der Waals surface area contributed by atoms with Gasteiger partial charge in [-0.05, 0) is 75.2 Å². The minimum Gasteiger partial charge on any atom is -0.350 e. The molecule has 0 bridgehead atoms. The number of carbonyl (C=O) groups is 1. The van der Waals surface area contributed by atoms with Crippen molar-refractivity contribution in [2.45, 2.75) is 51.1 Å². The first-order chi connectivity index (χ1) is 14.5. The third-order valence-corrected chi connectivity index (χ3v) is 7.59. The number of hydrogen-bond acceptors (Lipinski definition) is 5. The van der Waals surface area contributed by atoms with Crippen molar-refractivity contribution in [1.29, 1.82) is 0 Å². The van der Waals surface area contributed by atoms with Crippen LogP contribution in [0.4, 0.5) is 10.6 Å². The first-order valence-electron chi connectivity index (χ1n) is 11.3. The maximum absolute atomic E-state index is 11.8. The maximum atomic E-state index is 11.8. The Balaban J connectivity index is 1.22. The number of piperazine rings is 1. The minimum absolute atomic E-state index is 0.0400. The lowest BCUT2D eigenvalue weighted by molar-refractivity contribution is 0.187. The molecule has 1 aliphatic heterocycles. The second kappa shape index (κ2) is 9.52. The average Bonchev–Trinajstić information content (AvgIpc) is 3.17. The van der Waals surface area contributed by atoms with Crippen LogP contribution in [-0.4, -0.2) is 72.6 Å². The molecule has 4 rings (SSSR count). The molecule has 1 aromatic carbocycles. The van der Waals surface area contributed by atoms with Crippen LogP contribution in [0.3, 0.4) is 0 Å². The molecule has 7 heteroatoms. The summed E-state index contributed by atoms with van der Waals surface area (Å²) in [5, 5.41) is 4.44. The van der Waals surface area contributed by atoms with Gasteiger partial charge in [-0.15, -0.1) is 0 Å². The predicted octanol–water partition coefficient (Wildman–Crippen LogP) is 4.03. The van der Waals surface area contributed by atoms with E-state index in [0.717, 1.165) is 38.4 Å². The molecule has 0 unspecified atom stereocenters. The lowest BCUT2D eigenvalue weighted by atomic mass is 9.84. The number of amides is 2. The Bertz CT molecular complexity index is 845. The van der Waals surface area contributed by atoms with Crippen molar-refractivity contribution in [3.05, 3.63) is 24.3 Å². The molecule has 1 saturated carbocycles. The maximum Gasteiger partial charge on any atom is 0.317 e. The fourth-order valence-electron chi connectivity index (χ4n) is 4.89. The zero-order valence-electron chi connectivity index (χ0n) is 18.5. The van der Waals surface area contributed by atoms with E-state index in [1.807, 2.05) is 0 Å². The molecule has 0 spiro atoms. The van der Waals surface area contributed by atoms with Crippen molar-refractivity contribution in [2.75, 3.05) is 45.2 Å². The van der Waals surface area contributed by atoms with E-state index in [-0.39, 0.29) is 6.03 Å². The van der Waals surface area contributed by atoms with E-state index in [4.69, 9.17) is 4.37 Å². The first-order valence-corrected chi connectivity index (χ1v) is 12.1. The van der Waals surface area contributed by atoms with Crippen molar-refractivity contribution < 1.29 is 4.79 Å². The van der Waals surface area contributed by atoms with Gasteiger partial charge in [0.15, 0.2) is 0 Å². The number of nitrogens with zero attached hydrogens (tertiary/aromatic N) is 4. The van der Waals surface area contributed by atoms with Gasteiger partial charge >= 0.3 is 6.03 Å². The quantitative estimate of drug-likeness (QED) is 0.780. The zero-order chi connectivity index (χ0) is 21.1. The minimum atomic E-state index is 0.0400. The van der Waals surface area contributed by atoms with Crippen molar-refractivity contribution in [1.82, 2.24) is 19.5 Å². The normalized spacial score (nSPS) is 25.4. The van der Waals surface area contributed by atoms with Gasteiger partial charge in [-0.1, -0.05) is 12.1 Å². The number of hydrogen-bond donors (Lipinski definition) is 1. The van der Waals surface area contributed by atoms with Crippen LogP contribution in [0.2, 0.25) is 0 Å². The summed E-state index contributed by atoms with van der Waals surface area (Å²) in [5.74, 6) is 1.97. The van der Waals surface area contributed by atoms with Gasteiger partial charge in [-0.2, -0.15) is 4.37 Å². The molecular formula is C23H35N5OS. The largest absolute Gasteiger partial charge is 0.350 e. The number of rotatable bonds is 5.